The lowest BCUT2D eigenvalue weighted by Crippen LogP contribution is -2.14. The molecule has 0 aliphatic carbocycles. The largest absolute Gasteiger partial charge is 0.385 e. The maximum Gasteiger partial charge on any atom is 0.0403 e. The van der Waals surface area contributed by atoms with E-state index in [2.05, 4.69) is 59.0 Å². The molecule has 1 rings (SSSR count). The molecular weight excluding hydrogens is 194 g/mol. The summed E-state index contributed by atoms with van der Waals surface area (Å²) in [6.07, 6.45) is 0. The third kappa shape index (κ3) is 2.88. The van der Waals surface area contributed by atoms with Crippen LogP contribution in [0.4, 0.5) is 0 Å². The molecule has 1 heteroatoms. The molecule has 0 saturated carbocycles. The lowest BCUT2D eigenvalue weighted by atomic mass is 9.98. The highest BCUT2D eigenvalue weighted by Gasteiger charge is 2.04. The minimum atomic E-state index is 0.927. The van der Waals surface area contributed by atoms with Gasteiger partial charge in [0.25, 0.3) is 0 Å². The summed E-state index contributed by atoms with van der Waals surface area (Å²) in [6.45, 7) is 13.9. The lowest BCUT2D eigenvalue weighted by Gasteiger charge is -2.15. The van der Waals surface area contributed by atoms with Gasteiger partial charge in [-0.25, -0.2) is 0 Å². The maximum absolute atomic E-state index is 3.49. The molecule has 0 bridgehead atoms. The van der Waals surface area contributed by atoms with E-state index in [1.54, 1.807) is 0 Å². The second-order valence-corrected chi connectivity index (χ2v) is 4.78. The van der Waals surface area contributed by atoms with Crippen LogP contribution >= 0.6 is 0 Å². The van der Waals surface area contributed by atoms with Crippen LogP contribution in [0.25, 0.3) is 0 Å². The molecule has 1 N–H and O–H groups in total. The van der Waals surface area contributed by atoms with Gasteiger partial charge in [-0.1, -0.05) is 17.7 Å². The number of benzene rings is 1. The Labute approximate surface area is 99.6 Å². The van der Waals surface area contributed by atoms with Gasteiger partial charge < -0.3 is 5.32 Å². The third-order valence-corrected chi connectivity index (χ3v) is 3.38. The molecule has 0 fully saturated rings. The molecule has 0 unspecified atom stereocenters. The number of hydrogen-bond donors (Lipinski definition) is 1. The predicted molar refractivity (Wildman–Crippen MR) is 71.5 cm³/mol. The van der Waals surface area contributed by atoms with Gasteiger partial charge in [0, 0.05) is 12.2 Å². The van der Waals surface area contributed by atoms with Crippen LogP contribution in [0.1, 0.15) is 43.0 Å². The molecule has 0 atom stereocenters. The van der Waals surface area contributed by atoms with E-state index in [1.165, 1.54) is 33.5 Å². The second-order valence-electron chi connectivity index (χ2n) is 4.78. The second kappa shape index (κ2) is 5.20. The Hall–Kier alpha value is -1.24. The van der Waals surface area contributed by atoms with E-state index >= 15 is 0 Å². The first kappa shape index (κ1) is 12.8. The van der Waals surface area contributed by atoms with Gasteiger partial charge in [0.2, 0.25) is 0 Å². The van der Waals surface area contributed by atoms with Crippen LogP contribution < -0.4 is 5.32 Å². The molecular formula is C15H23N. The number of aryl methyl sites for hydroxylation is 2. The first-order chi connectivity index (χ1) is 7.43. The van der Waals surface area contributed by atoms with Crippen LogP contribution in [0, 0.1) is 20.8 Å². The van der Waals surface area contributed by atoms with Crippen LogP contribution in [-0.2, 0) is 6.54 Å². The first-order valence-electron chi connectivity index (χ1n) is 5.87. The molecule has 1 nitrogen and oxygen atoms in total. The van der Waals surface area contributed by atoms with Crippen molar-refractivity contribution < 1.29 is 0 Å². The fourth-order valence-corrected chi connectivity index (χ4v) is 1.68. The molecule has 0 heterocycles. The van der Waals surface area contributed by atoms with Crippen molar-refractivity contribution >= 4 is 0 Å². The van der Waals surface area contributed by atoms with E-state index in [4.69, 9.17) is 0 Å². The molecule has 16 heavy (non-hydrogen) atoms. The summed E-state index contributed by atoms with van der Waals surface area (Å²) in [5, 5.41) is 3.49. The van der Waals surface area contributed by atoms with Gasteiger partial charge in [-0.3, -0.25) is 0 Å². The molecule has 0 spiro atoms. The van der Waals surface area contributed by atoms with Crippen molar-refractivity contribution in [2.24, 2.45) is 0 Å². The van der Waals surface area contributed by atoms with Crippen molar-refractivity contribution in [3.63, 3.8) is 0 Å². The zero-order valence-corrected chi connectivity index (χ0v) is 11.4. The van der Waals surface area contributed by atoms with Crippen LogP contribution in [-0.4, -0.2) is 0 Å². The van der Waals surface area contributed by atoms with Gasteiger partial charge in [-0.15, -0.1) is 0 Å². The molecule has 0 amide bonds. The number of nitrogens with one attached hydrogen (secondary N) is 1. The van der Waals surface area contributed by atoms with Crippen molar-refractivity contribution in [2.45, 2.75) is 48.1 Å². The monoisotopic (exact) mass is 217 g/mol. The summed E-state index contributed by atoms with van der Waals surface area (Å²) in [4.78, 5) is 0. The number of allylic oxidation sites excluding steroid dienone is 2. The molecule has 0 aliphatic heterocycles. The van der Waals surface area contributed by atoms with Crippen LogP contribution in [0.15, 0.2) is 23.4 Å². The Morgan fingerprint density at radius 3 is 2.12 bits per heavy atom. The summed E-state index contributed by atoms with van der Waals surface area (Å²) in [6, 6.07) is 4.40. The SMILES string of the molecule is CC(C)=C(C)NCc1c(C)ccc(C)c1C. The minimum Gasteiger partial charge on any atom is -0.385 e. The highest BCUT2D eigenvalue weighted by atomic mass is 14.9. The van der Waals surface area contributed by atoms with E-state index in [1.807, 2.05) is 0 Å². The summed E-state index contributed by atoms with van der Waals surface area (Å²) in [7, 11) is 0. The number of hydrogen-bond acceptors (Lipinski definition) is 1. The maximum atomic E-state index is 3.49. The predicted octanol–water partition coefficient (Wildman–Crippen LogP) is 4.02. The van der Waals surface area contributed by atoms with Crippen LogP contribution in [0.2, 0.25) is 0 Å². The molecule has 0 aliphatic rings. The summed E-state index contributed by atoms with van der Waals surface area (Å²) >= 11 is 0. The average Bonchev–Trinajstić information content (AvgIpc) is 2.23. The van der Waals surface area contributed by atoms with Crippen LogP contribution in [0.3, 0.4) is 0 Å². The Kier molecular flexibility index (Phi) is 4.17. The standard InChI is InChI=1S/C15H23N/c1-10(2)14(6)16-9-15-12(4)8-7-11(3)13(15)5/h7-8,16H,9H2,1-6H3. The van der Waals surface area contributed by atoms with Crippen molar-refractivity contribution in [3.05, 3.63) is 45.7 Å². The van der Waals surface area contributed by atoms with Crippen molar-refractivity contribution in [1.82, 2.24) is 5.32 Å². The Bertz CT molecular complexity index is 410. The van der Waals surface area contributed by atoms with E-state index in [9.17, 15) is 0 Å². The Morgan fingerprint density at radius 2 is 1.56 bits per heavy atom. The molecule has 0 radical (unpaired) electrons. The van der Waals surface area contributed by atoms with Gasteiger partial charge in [0.1, 0.15) is 0 Å². The Balaban J connectivity index is 2.90. The lowest BCUT2D eigenvalue weighted by molar-refractivity contribution is 0.787. The fraction of sp³-hybridized carbons (Fsp3) is 0.467. The summed E-state index contributed by atoms with van der Waals surface area (Å²) < 4.78 is 0. The van der Waals surface area contributed by atoms with E-state index in [-0.39, 0.29) is 0 Å². The smallest absolute Gasteiger partial charge is 0.0403 e. The zero-order valence-electron chi connectivity index (χ0n) is 11.4. The van der Waals surface area contributed by atoms with Gasteiger partial charge in [-0.05, 0) is 63.8 Å². The Morgan fingerprint density at radius 1 is 1.00 bits per heavy atom. The molecule has 1 aromatic rings. The summed E-state index contributed by atoms with van der Waals surface area (Å²) in [5.74, 6) is 0. The number of rotatable bonds is 3. The highest BCUT2D eigenvalue weighted by molar-refractivity contribution is 5.39. The fourth-order valence-electron chi connectivity index (χ4n) is 1.68. The van der Waals surface area contributed by atoms with Gasteiger partial charge in [-0.2, -0.15) is 0 Å². The van der Waals surface area contributed by atoms with Gasteiger partial charge >= 0.3 is 0 Å². The van der Waals surface area contributed by atoms with E-state index in [0.717, 1.165) is 6.54 Å². The molecule has 0 saturated heterocycles. The van der Waals surface area contributed by atoms with Crippen LogP contribution in [0.5, 0.6) is 0 Å². The minimum absolute atomic E-state index is 0.927. The van der Waals surface area contributed by atoms with Gasteiger partial charge in [0.15, 0.2) is 0 Å². The topological polar surface area (TPSA) is 12.0 Å². The quantitative estimate of drug-likeness (QED) is 0.806. The third-order valence-electron chi connectivity index (χ3n) is 3.38. The van der Waals surface area contributed by atoms with Crippen molar-refractivity contribution in [2.75, 3.05) is 0 Å². The van der Waals surface area contributed by atoms with Crippen molar-refractivity contribution in [1.29, 1.82) is 0 Å². The van der Waals surface area contributed by atoms with Gasteiger partial charge in [0.05, 0.1) is 0 Å². The molecule has 0 aromatic heterocycles. The van der Waals surface area contributed by atoms with Crippen molar-refractivity contribution in [3.8, 4) is 0 Å². The first-order valence-corrected chi connectivity index (χ1v) is 5.87. The average molecular weight is 217 g/mol. The van der Waals surface area contributed by atoms with E-state index < -0.39 is 0 Å². The summed E-state index contributed by atoms with van der Waals surface area (Å²) in [5.41, 5.74) is 8.22. The normalized spacial score (nSPS) is 10.1. The zero-order chi connectivity index (χ0) is 12.3. The molecule has 88 valence electrons. The van der Waals surface area contributed by atoms with E-state index in [0.29, 0.717) is 0 Å². The molecule has 1 aromatic carbocycles. The highest BCUT2D eigenvalue weighted by Crippen LogP contribution is 2.17.